The molecule has 8 heteroatoms. The van der Waals surface area contributed by atoms with Gasteiger partial charge in [0.05, 0.1) is 17.9 Å². The summed E-state index contributed by atoms with van der Waals surface area (Å²) < 4.78 is 10.7. The lowest BCUT2D eigenvalue weighted by Crippen LogP contribution is -2.21. The summed E-state index contributed by atoms with van der Waals surface area (Å²) >= 11 is 0. The predicted octanol–water partition coefficient (Wildman–Crippen LogP) is 3.09. The van der Waals surface area contributed by atoms with E-state index in [2.05, 4.69) is 20.8 Å². The number of amides is 1. The lowest BCUT2D eigenvalue weighted by Gasteiger charge is -2.12. The van der Waals surface area contributed by atoms with Crippen LogP contribution in [0.1, 0.15) is 11.3 Å². The Morgan fingerprint density at radius 3 is 2.92 bits per heavy atom. The molecule has 0 radical (unpaired) electrons. The molecule has 2 N–H and O–H groups in total. The average molecular weight is 349 g/mol. The average Bonchev–Trinajstić information content (AvgIpc) is 3.06. The number of rotatable bonds is 6. The number of nitrogens with one attached hydrogen (secondary N) is 2. The largest absolute Gasteiger partial charge is 0.436 e. The van der Waals surface area contributed by atoms with Crippen molar-refractivity contribution < 1.29 is 14.1 Å². The summed E-state index contributed by atoms with van der Waals surface area (Å²) in [7, 11) is 0. The first kappa shape index (κ1) is 17.0. The molecule has 3 aromatic rings. The van der Waals surface area contributed by atoms with Crippen LogP contribution in [0.5, 0.6) is 11.6 Å². The van der Waals surface area contributed by atoms with Crippen LogP contribution in [0.4, 0.5) is 11.6 Å². The molecule has 0 aliphatic carbocycles. The smallest absolute Gasteiger partial charge is 0.246 e. The lowest BCUT2D eigenvalue weighted by molar-refractivity contribution is -0.114. The number of aryl methyl sites for hydroxylation is 1. The topological polar surface area (TPSA) is 113 Å². The van der Waals surface area contributed by atoms with Gasteiger partial charge in [0.25, 0.3) is 0 Å². The quantitative estimate of drug-likeness (QED) is 0.703. The van der Waals surface area contributed by atoms with E-state index in [4.69, 9.17) is 14.5 Å². The number of para-hydroxylation sites is 2. The van der Waals surface area contributed by atoms with Crippen LogP contribution >= 0.6 is 0 Å². The number of aromatic nitrogens is 2. The Bertz CT molecular complexity index is 961. The summed E-state index contributed by atoms with van der Waals surface area (Å²) in [5.74, 6) is 0.634. The van der Waals surface area contributed by atoms with Crippen molar-refractivity contribution in [3.63, 3.8) is 0 Å². The molecule has 1 aromatic carbocycles. The van der Waals surface area contributed by atoms with E-state index in [1.165, 1.54) is 0 Å². The minimum atomic E-state index is -0.300. The fourth-order valence-electron chi connectivity index (χ4n) is 2.14. The van der Waals surface area contributed by atoms with E-state index in [0.29, 0.717) is 22.7 Å². The van der Waals surface area contributed by atoms with Crippen molar-refractivity contribution in [1.29, 1.82) is 5.26 Å². The highest BCUT2D eigenvalue weighted by atomic mass is 16.5. The number of nitrogens with zero attached hydrogens (tertiary/aromatic N) is 3. The van der Waals surface area contributed by atoms with Gasteiger partial charge in [-0.3, -0.25) is 10.1 Å². The standard InChI is InChI=1S/C18H15N5O3/c1-12-9-17(26-23-12)22-16(24)11-21-14-6-2-3-7-15(14)25-18-13(10-19)5-4-8-20-18/h2-9,21H,11H2,1H3,(H,22,24). The third-order valence-corrected chi connectivity index (χ3v) is 3.32. The molecule has 0 saturated heterocycles. The number of hydrogen-bond acceptors (Lipinski definition) is 7. The molecule has 0 fully saturated rings. The Labute approximate surface area is 149 Å². The molecule has 0 saturated carbocycles. The normalized spacial score (nSPS) is 10.0. The first-order valence-electron chi connectivity index (χ1n) is 7.75. The molecule has 0 aliphatic heterocycles. The van der Waals surface area contributed by atoms with Crippen LogP contribution in [-0.4, -0.2) is 22.6 Å². The molecule has 0 aliphatic rings. The van der Waals surface area contributed by atoms with Gasteiger partial charge in [0, 0.05) is 12.3 Å². The molecular formula is C18H15N5O3. The summed E-state index contributed by atoms with van der Waals surface area (Å²) in [6.45, 7) is 1.76. The molecule has 0 spiro atoms. The van der Waals surface area contributed by atoms with Gasteiger partial charge < -0.3 is 14.6 Å². The van der Waals surface area contributed by atoms with E-state index in [-0.39, 0.29) is 24.2 Å². The maximum atomic E-state index is 12.0. The summed E-state index contributed by atoms with van der Waals surface area (Å²) in [6, 6.07) is 14.0. The van der Waals surface area contributed by atoms with E-state index in [9.17, 15) is 4.79 Å². The highest BCUT2D eigenvalue weighted by molar-refractivity contribution is 5.92. The second-order valence-corrected chi connectivity index (χ2v) is 5.30. The highest BCUT2D eigenvalue weighted by Crippen LogP contribution is 2.29. The van der Waals surface area contributed by atoms with Crippen LogP contribution in [0.25, 0.3) is 0 Å². The number of hydrogen-bond donors (Lipinski definition) is 2. The Balaban J connectivity index is 1.67. The third-order valence-electron chi connectivity index (χ3n) is 3.32. The van der Waals surface area contributed by atoms with Crippen molar-refractivity contribution in [3.05, 3.63) is 59.9 Å². The Hall–Kier alpha value is -3.86. The number of benzene rings is 1. The summed E-state index contributed by atoms with van der Waals surface area (Å²) in [5, 5.41) is 18.4. The van der Waals surface area contributed by atoms with Gasteiger partial charge in [0.1, 0.15) is 11.6 Å². The van der Waals surface area contributed by atoms with Crippen molar-refractivity contribution >= 4 is 17.5 Å². The second kappa shape index (κ2) is 7.81. The lowest BCUT2D eigenvalue weighted by atomic mass is 10.2. The monoisotopic (exact) mass is 349 g/mol. The minimum Gasteiger partial charge on any atom is -0.436 e. The molecular weight excluding hydrogens is 334 g/mol. The Morgan fingerprint density at radius 1 is 1.31 bits per heavy atom. The molecule has 2 heterocycles. The maximum absolute atomic E-state index is 12.0. The zero-order chi connectivity index (χ0) is 18.4. The van der Waals surface area contributed by atoms with Crippen LogP contribution in [0, 0.1) is 18.3 Å². The SMILES string of the molecule is Cc1cc(NC(=O)CNc2ccccc2Oc2ncccc2C#N)on1. The molecule has 0 atom stereocenters. The van der Waals surface area contributed by atoms with Crippen LogP contribution in [-0.2, 0) is 4.79 Å². The molecule has 26 heavy (non-hydrogen) atoms. The van der Waals surface area contributed by atoms with E-state index in [1.807, 2.05) is 6.07 Å². The number of carbonyl (C=O) groups excluding carboxylic acids is 1. The first-order chi connectivity index (χ1) is 12.7. The van der Waals surface area contributed by atoms with Crippen molar-refractivity contribution in [2.24, 2.45) is 0 Å². The molecule has 3 rings (SSSR count). The van der Waals surface area contributed by atoms with Gasteiger partial charge in [0.2, 0.25) is 17.7 Å². The molecule has 2 aromatic heterocycles. The summed E-state index contributed by atoms with van der Waals surface area (Å²) in [4.78, 5) is 16.1. The number of ether oxygens (including phenoxy) is 1. The van der Waals surface area contributed by atoms with Crippen LogP contribution in [0.2, 0.25) is 0 Å². The highest BCUT2D eigenvalue weighted by Gasteiger charge is 2.11. The zero-order valence-corrected chi connectivity index (χ0v) is 13.9. The number of nitriles is 1. The molecule has 0 bridgehead atoms. The fourth-order valence-corrected chi connectivity index (χ4v) is 2.14. The van der Waals surface area contributed by atoms with E-state index >= 15 is 0 Å². The summed E-state index contributed by atoms with van der Waals surface area (Å²) in [6.07, 6.45) is 1.54. The maximum Gasteiger partial charge on any atom is 0.246 e. The van der Waals surface area contributed by atoms with E-state index < -0.39 is 0 Å². The van der Waals surface area contributed by atoms with Crippen molar-refractivity contribution in [2.45, 2.75) is 6.92 Å². The van der Waals surface area contributed by atoms with Crippen LogP contribution in [0.3, 0.4) is 0 Å². The second-order valence-electron chi connectivity index (χ2n) is 5.30. The molecule has 130 valence electrons. The third kappa shape index (κ3) is 4.15. The minimum absolute atomic E-state index is 0.00650. The van der Waals surface area contributed by atoms with Crippen molar-refractivity contribution in [2.75, 3.05) is 17.2 Å². The number of carbonyl (C=O) groups is 1. The molecule has 8 nitrogen and oxygen atoms in total. The number of anilines is 2. The van der Waals surface area contributed by atoms with E-state index in [0.717, 1.165) is 0 Å². The molecule has 1 amide bonds. The summed E-state index contributed by atoms with van der Waals surface area (Å²) in [5.41, 5.74) is 1.59. The fraction of sp³-hybridized carbons (Fsp3) is 0.111. The van der Waals surface area contributed by atoms with Gasteiger partial charge in [0.15, 0.2) is 5.75 Å². The van der Waals surface area contributed by atoms with Gasteiger partial charge in [-0.1, -0.05) is 17.3 Å². The van der Waals surface area contributed by atoms with Gasteiger partial charge in [-0.15, -0.1) is 0 Å². The van der Waals surface area contributed by atoms with Crippen molar-refractivity contribution in [1.82, 2.24) is 10.1 Å². The van der Waals surface area contributed by atoms with E-state index in [1.54, 1.807) is 55.6 Å². The van der Waals surface area contributed by atoms with Crippen LogP contribution < -0.4 is 15.4 Å². The van der Waals surface area contributed by atoms with Gasteiger partial charge in [-0.25, -0.2) is 4.98 Å². The Kier molecular flexibility index (Phi) is 5.10. The van der Waals surface area contributed by atoms with Gasteiger partial charge in [-0.2, -0.15) is 5.26 Å². The first-order valence-corrected chi connectivity index (χ1v) is 7.75. The van der Waals surface area contributed by atoms with Gasteiger partial charge in [-0.05, 0) is 31.2 Å². The number of pyridine rings is 1. The molecule has 0 unspecified atom stereocenters. The predicted molar refractivity (Wildman–Crippen MR) is 93.8 cm³/mol. The van der Waals surface area contributed by atoms with Gasteiger partial charge >= 0.3 is 0 Å². The zero-order valence-electron chi connectivity index (χ0n) is 13.9. The Morgan fingerprint density at radius 2 is 2.15 bits per heavy atom. The van der Waals surface area contributed by atoms with Crippen LogP contribution in [0.15, 0.2) is 53.2 Å². The van der Waals surface area contributed by atoms with Crippen molar-refractivity contribution in [3.8, 4) is 17.7 Å².